The van der Waals surface area contributed by atoms with Crippen LogP contribution >= 0.6 is 11.3 Å². The maximum atomic E-state index is 4.65. The number of nitrogens with zero attached hydrogens (tertiary/aromatic N) is 2. The van der Waals surface area contributed by atoms with Crippen LogP contribution in [0.4, 0.5) is 11.6 Å². The predicted octanol–water partition coefficient (Wildman–Crippen LogP) is 3.77. The van der Waals surface area contributed by atoms with Crippen LogP contribution in [0.15, 0.2) is 16.8 Å². The molecule has 2 aromatic rings. The van der Waals surface area contributed by atoms with Gasteiger partial charge in [-0.2, -0.15) is 11.3 Å². The molecule has 0 aliphatic heterocycles. The zero-order valence-electron chi connectivity index (χ0n) is 11.9. The second-order valence-corrected chi connectivity index (χ2v) is 5.98. The van der Waals surface area contributed by atoms with Gasteiger partial charge >= 0.3 is 0 Å². The Morgan fingerprint density at radius 1 is 1.20 bits per heavy atom. The van der Waals surface area contributed by atoms with Crippen molar-refractivity contribution in [1.29, 1.82) is 0 Å². The molecule has 2 aromatic heterocycles. The van der Waals surface area contributed by atoms with Crippen molar-refractivity contribution in [3.05, 3.63) is 33.8 Å². The van der Waals surface area contributed by atoms with E-state index in [9.17, 15) is 0 Å². The first kappa shape index (κ1) is 13.4. The van der Waals surface area contributed by atoms with E-state index < -0.39 is 0 Å². The second-order valence-electron chi connectivity index (χ2n) is 5.23. The minimum atomic E-state index is 0.567. The highest BCUT2D eigenvalue weighted by Gasteiger charge is 2.27. The van der Waals surface area contributed by atoms with E-state index in [2.05, 4.69) is 45.2 Å². The predicted molar refractivity (Wildman–Crippen MR) is 84.6 cm³/mol. The first-order chi connectivity index (χ1) is 9.76. The van der Waals surface area contributed by atoms with E-state index >= 15 is 0 Å². The molecule has 0 amide bonds. The Labute approximate surface area is 123 Å². The summed E-state index contributed by atoms with van der Waals surface area (Å²) in [5, 5.41) is 11.1. The zero-order valence-corrected chi connectivity index (χ0v) is 12.8. The number of anilines is 2. The van der Waals surface area contributed by atoms with Gasteiger partial charge in [-0.25, -0.2) is 9.97 Å². The van der Waals surface area contributed by atoms with Gasteiger partial charge in [0.05, 0.1) is 0 Å². The van der Waals surface area contributed by atoms with Gasteiger partial charge in [-0.15, -0.1) is 0 Å². The van der Waals surface area contributed by atoms with Crippen LogP contribution in [0.2, 0.25) is 0 Å². The lowest BCUT2D eigenvalue weighted by molar-refractivity contribution is 0.918. The smallest absolute Gasteiger partial charge is 0.136 e. The SMILES string of the molecule is CCNc1cc(NCc2cscc2C)nc(C2CC2)n1. The average molecular weight is 288 g/mol. The second kappa shape index (κ2) is 5.79. The molecule has 0 radical (unpaired) electrons. The van der Waals surface area contributed by atoms with Crippen LogP contribution in [0.25, 0.3) is 0 Å². The molecule has 2 heterocycles. The topological polar surface area (TPSA) is 49.8 Å². The fourth-order valence-corrected chi connectivity index (χ4v) is 2.96. The van der Waals surface area contributed by atoms with Gasteiger partial charge in [0.25, 0.3) is 0 Å². The average Bonchev–Trinajstić information content (AvgIpc) is 3.21. The van der Waals surface area contributed by atoms with E-state index in [1.165, 1.54) is 24.0 Å². The highest BCUT2D eigenvalue weighted by atomic mass is 32.1. The molecule has 0 unspecified atom stereocenters. The van der Waals surface area contributed by atoms with Crippen molar-refractivity contribution in [2.24, 2.45) is 0 Å². The summed E-state index contributed by atoms with van der Waals surface area (Å²) in [5.74, 6) is 3.39. The van der Waals surface area contributed by atoms with E-state index in [0.717, 1.165) is 30.5 Å². The van der Waals surface area contributed by atoms with Gasteiger partial charge < -0.3 is 10.6 Å². The van der Waals surface area contributed by atoms with Crippen LogP contribution in [0, 0.1) is 6.92 Å². The van der Waals surface area contributed by atoms with Crippen LogP contribution in [0.1, 0.15) is 42.6 Å². The maximum Gasteiger partial charge on any atom is 0.136 e. The van der Waals surface area contributed by atoms with E-state index in [1.807, 2.05) is 6.07 Å². The zero-order chi connectivity index (χ0) is 13.9. The van der Waals surface area contributed by atoms with Crippen LogP contribution in [-0.4, -0.2) is 16.5 Å². The van der Waals surface area contributed by atoms with Crippen molar-refractivity contribution in [2.75, 3.05) is 17.2 Å². The molecule has 1 aliphatic carbocycles. The molecule has 20 heavy (non-hydrogen) atoms. The number of hydrogen-bond acceptors (Lipinski definition) is 5. The van der Waals surface area contributed by atoms with Gasteiger partial charge in [0.15, 0.2) is 0 Å². The van der Waals surface area contributed by atoms with E-state index in [4.69, 9.17) is 0 Å². The Kier molecular flexibility index (Phi) is 3.87. The van der Waals surface area contributed by atoms with Crippen molar-refractivity contribution in [3.8, 4) is 0 Å². The third kappa shape index (κ3) is 3.10. The van der Waals surface area contributed by atoms with Crippen LogP contribution in [0.5, 0.6) is 0 Å². The maximum absolute atomic E-state index is 4.65. The molecule has 3 rings (SSSR count). The number of rotatable bonds is 6. The van der Waals surface area contributed by atoms with Crippen LogP contribution in [-0.2, 0) is 6.54 Å². The standard InChI is InChI=1S/C15H20N4S/c1-3-16-13-6-14(19-15(18-13)11-4-5-11)17-7-12-9-20-8-10(12)2/h6,8-9,11H,3-5,7H2,1-2H3,(H2,16,17,18,19). The fraction of sp³-hybridized carbons (Fsp3) is 0.467. The van der Waals surface area contributed by atoms with E-state index in [-0.39, 0.29) is 0 Å². The minimum absolute atomic E-state index is 0.567. The first-order valence-electron chi connectivity index (χ1n) is 7.14. The molecule has 0 atom stereocenters. The van der Waals surface area contributed by atoms with Gasteiger partial charge in [-0.3, -0.25) is 0 Å². The Morgan fingerprint density at radius 3 is 2.55 bits per heavy atom. The highest BCUT2D eigenvalue weighted by molar-refractivity contribution is 7.08. The monoisotopic (exact) mass is 288 g/mol. The van der Waals surface area contributed by atoms with Crippen molar-refractivity contribution in [2.45, 2.75) is 39.2 Å². The molecule has 106 valence electrons. The summed E-state index contributed by atoms with van der Waals surface area (Å²) in [7, 11) is 0. The van der Waals surface area contributed by atoms with E-state index in [0.29, 0.717) is 5.92 Å². The fourth-order valence-electron chi connectivity index (χ4n) is 2.11. The molecule has 1 saturated carbocycles. The lowest BCUT2D eigenvalue weighted by Crippen LogP contribution is -2.07. The third-order valence-electron chi connectivity index (χ3n) is 3.47. The summed E-state index contributed by atoms with van der Waals surface area (Å²) in [6.07, 6.45) is 2.44. The molecular formula is C15H20N4S. The molecule has 4 nitrogen and oxygen atoms in total. The summed E-state index contributed by atoms with van der Waals surface area (Å²) in [6.45, 7) is 5.93. The van der Waals surface area contributed by atoms with Crippen molar-refractivity contribution < 1.29 is 0 Å². The summed E-state index contributed by atoms with van der Waals surface area (Å²) in [6, 6.07) is 2.00. The van der Waals surface area contributed by atoms with Crippen LogP contribution in [0.3, 0.4) is 0 Å². The molecule has 1 fully saturated rings. The Morgan fingerprint density at radius 2 is 1.95 bits per heavy atom. The number of hydrogen-bond donors (Lipinski definition) is 2. The minimum Gasteiger partial charge on any atom is -0.370 e. The summed E-state index contributed by atoms with van der Waals surface area (Å²) < 4.78 is 0. The summed E-state index contributed by atoms with van der Waals surface area (Å²) in [4.78, 5) is 9.24. The Bertz CT molecular complexity index is 589. The Hall–Kier alpha value is -1.62. The molecule has 0 bridgehead atoms. The number of aromatic nitrogens is 2. The Balaban J connectivity index is 1.75. The molecule has 2 N–H and O–H groups in total. The number of aryl methyl sites for hydroxylation is 1. The van der Waals surface area contributed by atoms with Crippen LogP contribution < -0.4 is 10.6 Å². The summed E-state index contributed by atoms with van der Waals surface area (Å²) in [5.41, 5.74) is 2.68. The molecule has 5 heteroatoms. The van der Waals surface area contributed by atoms with Gasteiger partial charge in [-0.05, 0) is 48.6 Å². The van der Waals surface area contributed by atoms with Crippen molar-refractivity contribution in [1.82, 2.24) is 9.97 Å². The molecular weight excluding hydrogens is 268 g/mol. The number of thiophene rings is 1. The quantitative estimate of drug-likeness (QED) is 0.849. The number of nitrogens with one attached hydrogen (secondary N) is 2. The highest BCUT2D eigenvalue weighted by Crippen LogP contribution is 2.38. The van der Waals surface area contributed by atoms with Gasteiger partial charge in [0, 0.05) is 25.1 Å². The van der Waals surface area contributed by atoms with Crippen molar-refractivity contribution >= 4 is 23.0 Å². The first-order valence-corrected chi connectivity index (χ1v) is 8.09. The van der Waals surface area contributed by atoms with Crippen molar-refractivity contribution in [3.63, 3.8) is 0 Å². The lowest BCUT2D eigenvalue weighted by Gasteiger charge is -2.10. The van der Waals surface area contributed by atoms with Gasteiger partial charge in [-0.1, -0.05) is 0 Å². The third-order valence-corrected chi connectivity index (χ3v) is 4.38. The van der Waals surface area contributed by atoms with Gasteiger partial charge in [0.2, 0.25) is 0 Å². The van der Waals surface area contributed by atoms with Gasteiger partial charge in [0.1, 0.15) is 17.5 Å². The molecule has 0 saturated heterocycles. The molecule has 0 aromatic carbocycles. The normalized spacial score (nSPS) is 14.3. The van der Waals surface area contributed by atoms with E-state index in [1.54, 1.807) is 11.3 Å². The molecule has 1 aliphatic rings. The molecule has 0 spiro atoms. The summed E-state index contributed by atoms with van der Waals surface area (Å²) >= 11 is 1.75. The lowest BCUT2D eigenvalue weighted by atomic mass is 10.2. The largest absolute Gasteiger partial charge is 0.370 e.